The lowest BCUT2D eigenvalue weighted by molar-refractivity contribution is 0.265. The van der Waals surface area contributed by atoms with Crippen LogP contribution in [0.2, 0.25) is 0 Å². The molecule has 96 valence electrons. The van der Waals surface area contributed by atoms with Gasteiger partial charge in [-0.1, -0.05) is 6.92 Å². The van der Waals surface area contributed by atoms with Crippen molar-refractivity contribution in [3.05, 3.63) is 53.7 Å². The van der Waals surface area contributed by atoms with Gasteiger partial charge in [0.15, 0.2) is 0 Å². The molecule has 18 heavy (non-hydrogen) atoms. The molecular weight excluding hydrogens is 233 g/mol. The van der Waals surface area contributed by atoms with E-state index in [9.17, 15) is 4.39 Å². The lowest BCUT2D eigenvalue weighted by atomic mass is 10.3. The van der Waals surface area contributed by atoms with E-state index in [2.05, 4.69) is 5.32 Å². The monoisotopic (exact) mass is 249 g/mol. The van der Waals surface area contributed by atoms with Gasteiger partial charge in [0.25, 0.3) is 0 Å². The van der Waals surface area contributed by atoms with Crippen LogP contribution in [-0.4, -0.2) is 6.54 Å². The molecule has 0 radical (unpaired) electrons. The largest absolute Gasteiger partial charge is 0.486 e. The topological polar surface area (TPSA) is 34.4 Å². The fourth-order valence-corrected chi connectivity index (χ4v) is 1.53. The first kappa shape index (κ1) is 12.6. The van der Waals surface area contributed by atoms with Crippen molar-refractivity contribution in [2.24, 2.45) is 0 Å². The van der Waals surface area contributed by atoms with E-state index in [4.69, 9.17) is 9.15 Å². The fraction of sp³-hybridized carbons (Fsp3) is 0.286. The minimum absolute atomic E-state index is 0.270. The molecule has 3 nitrogen and oxygen atoms in total. The predicted molar refractivity (Wildman–Crippen MR) is 66.8 cm³/mol. The Hall–Kier alpha value is -1.81. The third-order valence-electron chi connectivity index (χ3n) is 2.46. The standard InChI is InChI=1S/C14H16FNO2/c1-2-16-9-13-7-8-14(18-13)10-17-12-5-3-11(15)4-6-12/h3-8,16H,2,9-10H2,1H3. The molecule has 4 heteroatoms. The van der Waals surface area contributed by atoms with Crippen LogP contribution in [0.3, 0.4) is 0 Å². The molecule has 2 rings (SSSR count). The van der Waals surface area contributed by atoms with E-state index in [-0.39, 0.29) is 5.82 Å². The number of nitrogens with one attached hydrogen (secondary N) is 1. The average molecular weight is 249 g/mol. The van der Waals surface area contributed by atoms with Crippen LogP contribution in [0, 0.1) is 5.82 Å². The van der Waals surface area contributed by atoms with E-state index in [1.807, 2.05) is 19.1 Å². The zero-order chi connectivity index (χ0) is 12.8. The minimum atomic E-state index is -0.270. The number of benzene rings is 1. The number of halogens is 1. The second kappa shape index (κ2) is 6.21. The normalized spacial score (nSPS) is 10.6. The molecule has 0 aliphatic heterocycles. The maximum Gasteiger partial charge on any atom is 0.146 e. The second-order valence-electron chi connectivity index (χ2n) is 3.89. The minimum Gasteiger partial charge on any atom is -0.486 e. The highest BCUT2D eigenvalue weighted by Crippen LogP contribution is 2.15. The first-order valence-corrected chi connectivity index (χ1v) is 5.94. The van der Waals surface area contributed by atoms with Crippen molar-refractivity contribution in [3.63, 3.8) is 0 Å². The van der Waals surface area contributed by atoms with Gasteiger partial charge in [0.05, 0.1) is 6.54 Å². The molecule has 1 aromatic carbocycles. The summed E-state index contributed by atoms with van der Waals surface area (Å²) in [6.45, 7) is 4.01. The molecule has 1 aromatic heterocycles. The Morgan fingerprint density at radius 1 is 1.11 bits per heavy atom. The molecular formula is C14H16FNO2. The molecule has 1 heterocycles. The SMILES string of the molecule is CCNCc1ccc(COc2ccc(F)cc2)o1. The van der Waals surface area contributed by atoms with Crippen LogP contribution in [0.1, 0.15) is 18.4 Å². The van der Waals surface area contributed by atoms with E-state index in [0.29, 0.717) is 18.9 Å². The number of hydrogen-bond acceptors (Lipinski definition) is 3. The Morgan fingerprint density at radius 3 is 2.56 bits per heavy atom. The summed E-state index contributed by atoms with van der Waals surface area (Å²) in [6, 6.07) is 9.74. The van der Waals surface area contributed by atoms with Crippen LogP contribution >= 0.6 is 0 Å². The molecule has 0 amide bonds. The summed E-state index contributed by atoms with van der Waals surface area (Å²) in [5.41, 5.74) is 0. The second-order valence-corrected chi connectivity index (χ2v) is 3.89. The molecule has 0 unspecified atom stereocenters. The van der Waals surface area contributed by atoms with Gasteiger partial charge in [-0.15, -0.1) is 0 Å². The van der Waals surface area contributed by atoms with E-state index in [1.54, 1.807) is 12.1 Å². The Kier molecular flexibility index (Phi) is 4.36. The molecule has 0 spiro atoms. The van der Waals surface area contributed by atoms with E-state index in [0.717, 1.165) is 18.1 Å². The van der Waals surface area contributed by atoms with E-state index in [1.165, 1.54) is 12.1 Å². The Morgan fingerprint density at radius 2 is 1.83 bits per heavy atom. The zero-order valence-corrected chi connectivity index (χ0v) is 10.3. The van der Waals surface area contributed by atoms with Gasteiger partial charge >= 0.3 is 0 Å². The molecule has 0 fully saturated rings. The van der Waals surface area contributed by atoms with Crippen molar-refractivity contribution < 1.29 is 13.5 Å². The van der Waals surface area contributed by atoms with Crippen LogP contribution in [-0.2, 0) is 13.2 Å². The van der Waals surface area contributed by atoms with Crippen LogP contribution < -0.4 is 10.1 Å². The first-order chi connectivity index (χ1) is 8.78. The van der Waals surface area contributed by atoms with Crippen LogP contribution in [0.5, 0.6) is 5.75 Å². The lowest BCUT2D eigenvalue weighted by Gasteiger charge is -2.03. The Bertz CT molecular complexity index is 479. The summed E-state index contributed by atoms with van der Waals surface area (Å²) in [5, 5.41) is 3.18. The number of ether oxygens (including phenoxy) is 1. The van der Waals surface area contributed by atoms with Crippen molar-refractivity contribution in [2.45, 2.75) is 20.1 Å². The molecule has 0 aliphatic carbocycles. The van der Waals surface area contributed by atoms with Gasteiger partial charge in [0.2, 0.25) is 0 Å². The van der Waals surface area contributed by atoms with Gasteiger partial charge in [-0.2, -0.15) is 0 Å². The molecule has 1 N–H and O–H groups in total. The summed E-state index contributed by atoms with van der Waals surface area (Å²) < 4.78 is 23.7. The summed E-state index contributed by atoms with van der Waals surface area (Å²) >= 11 is 0. The van der Waals surface area contributed by atoms with Gasteiger partial charge in [-0.25, -0.2) is 4.39 Å². The van der Waals surface area contributed by atoms with Gasteiger partial charge < -0.3 is 14.5 Å². The van der Waals surface area contributed by atoms with Crippen molar-refractivity contribution >= 4 is 0 Å². The van der Waals surface area contributed by atoms with Crippen molar-refractivity contribution in [3.8, 4) is 5.75 Å². The Balaban J connectivity index is 1.86. The van der Waals surface area contributed by atoms with E-state index >= 15 is 0 Å². The maximum absolute atomic E-state index is 12.7. The smallest absolute Gasteiger partial charge is 0.146 e. The van der Waals surface area contributed by atoms with Crippen LogP contribution in [0.4, 0.5) is 4.39 Å². The van der Waals surface area contributed by atoms with Crippen molar-refractivity contribution in [1.29, 1.82) is 0 Å². The van der Waals surface area contributed by atoms with Gasteiger partial charge in [0, 0.05) is 0 Å². The highest BCUT2D eigenvalue weighted by atomic mass is 19.1. The van der Waals surface area contributed by atoms with Crippen LogP contribution in [0.15, 0.2) is 40.8 Å². The molecule has 2 aromatic rings. The van der Waals surface area contributed by atoms with Gasteiger partial charge in [0.1, 0.15) is 29.7 Å². The molecule has 0 saturated carbocycles. The third kappa shape index (κ3) is 3.60. The number of rotatable bonds is 6. The van der Waals surface area contributed by atoms with Crippen molar-refractivity contribution in [1.82, 2.24) is 5.32 Å². The average Bonchev–Trinajstić information content (AvgIpc) is 2.84. The summed E-state index contributed by atoms with van der Waals surface area (Å²) in [5.74, 6) is 2.00. The first-order valence-electron chi connectivity index (χ1n) is 5.94. The zero-order valence-electron chi connectivity index (χ0n) is 10.3. The quantitative estimate of drug-likeness (QED) is 0.854. The predicted octanol–water partition coefficient (Wildman–Crippen LogP) is 3.11. The Labute approximate surface area is 106 Å². The number of hydrogen-bond donors (Lipinski definition) is 1. The highest BCUT2D eigenvalue weighted by molar-refractivity contribution is 5.22. The fourth-order valence-electron chi connectivity index (χ4n) is 1.53. The lowest BCUT2D eigenvalue weighted by Crippen LogP contribution is -2.10. The maximum atomic E-state index is 12.7. The van der Waals surface area contributed by atoms with Gasteiger partial charge in [-0.05, 0) is 42.9 Å². The number of furan rings is 1. The third-order valence-corrected chi connectivity index (χ3v) is 2.46. The molecule has 0 bridgehead atoms. The van der Waals surface area contributed by atoms with Crippen molar-refractivity contribution in [2.75, 3.05) is 6.54 Å². The van der Waals surface area contributed by atoms with Gasteiger partial charge in [-0.3, -0.25) is 0 Å². The summed E-state index contributed by atoms with van der Waals surface area (Å²) in [7, 11) is 0. The summed E-state index contributed by atoms with van der Waals surface area (Å²) in [4.78, 5) is 0. The molecule has 0 aliphatic rings. The summed E-state index contributed by atoms with van der Waals surface area (Å²) in [6.07, 6.45) is 0. The highest BCUT2D eigenvalue weighted by Gasteiger charge is 2.02. The molecule has 0 saturated heterocycles. The van der Waals surface area contributed by atoms with E-state index < -0.39 is 0 Å². The van der Waals surface area contributed by atoms with Crippen LogP contribution in [0.25, 0.3) is 0 Å². The molecule has 0 atom stereocenters.